The summed E-state index contributed by atoms with van der Waals surface area (Å²) in [7, 11) is 2.37. The van der Waals surface area contributed by atoms with Gasteiger partial charge in [0.05, 0.1) is 20.8 Å². The lowest BCUT2D eigenvalue weighted by Gasteiger charge is -2.27. The molecule has 0 aromatic heterocycles. The summed E-state index contributed by atoms with van der Waals surface area (Å²) in [4.78, 5) is 80.2. The number of nitrogens with one attached hydrogen (secondary N) is 4. The van der Waals surface area contributed by atoms with Gasteiger partial charge in [-0.05, 0) is 73.2 Å². The van der Waals surface area contributed by atoms with E-state index in [2.05, 4.69) is 35.6 Å². The second-order valence-corrected chi connectivity index (χ2v) is 13.2. The van der Waals surface area contributed by atoms with Gasteiger partial charge in [0.2, 0.25) is 23.6 Å². The van der Waals surface area contributed by atoms with E-state index >= 15 is 0 Å². The Balaban J connectivity index is 1.18. The van der Waals surface area contributed by atoms with Crippen LogP contribution in [0.4, 0.5) is 26.7 Å². The molecule has 0 bridgehead atoms. The van der Waals surface area contributed by atoms with Crippen LogP contribution in [0.5, 0.6) is 0 Å². The van der Waals surface area contributed by atoms with Crippen molar-refractivity contribution in [3.05, 3.63) is 90.0 Å². The molecule has 2 heterocycles. The standard InChI is InChI=1S/C39H47N7O9/c1-54-38(52)40-22-34(48)45-20-6-10-32(45)35(49)41-28-16-12-26(13-17-28)23-44(30-8-4-3-5-9-30)24-27-14-18-29(19-15-27)42-36(50)33-11-7-21-46(33)37(51)31(25-47)43-39(53)55-2/h3-5,8-9,12-19,31-33,47H,6-7,10-11,20-25H2,1-2H3,(H,40,52)(H,41,49)(H,42,50)(H,43,53)/t31-,32-,33-/m0/s1. The van der Waals surface area contributed by atoms with Gasteiger partial charge in [0.15, 0.2) is 0 Å². The van der Waals surface area contributed by atoms with E-state index in [1.165, 1.54) is 16.9 Å². The highest BCUT2D eigenvalue weighted by molar-refractivity contribution is 5.99. The first kappa shape index (κ1) is 40.0. The maximum absolute atomic E-state index is 13.3. The molecule has 3 aromatic carbocycles. The van der Waals surface area contributed by atoms with E-state index < -0.39 is 42.8 Å². The molecule has 0 saturated carbocycles. The van der Waals surface area contributed by atoms with Crippen molar-refractivity contribution in [3.8, 4) is 0 Å². The van der Waals surface area contributed by atoms with Gasteiger partial charge >= 0.3 is 12.2 Å². The molecule has 3 atom stereocenters. The van der Waals surface area contributed by atoms with E-state index in [0.717, 1.165) is 23.9 Å². The van der Waals surface area contributed by atoms with Gasteiger partial charge in [-0.2, -0.15) is 0 Å². The number of carbonyl (C=O) groups excluding carboxylic acids is 6. The molecule has 16 nitrogen and oxygen atoms in total. The number of aliphatic hydroxyl groups is 1. The first-order valence-electron chi connectivity index (χ1n) is 18.1. The monoisotopic (exact) mass is 757 g/mol. The third-order valence-corrected chi connectivity index (χ3v) is 9.55. The highest BCUT2D eigenvalue weighted by Gasteiger charge is 2.38. The SMILES string of the molecule is COC(=O)NCC(=O)N1CCC[C@H]1C(=O)Nc1ccc(CN(Cc2ccc(NC(=O)[C@@H]3CCCN3C(=O)[C@H](CO)NC(=O)OC)cc2)c2ccccc2)cc1. The van der Waals surface area contributed by atoms with Gasteiger partial charge in [-0.1, -0.05) is 42.5 Å². The Kier molecular flexibility index (Phi) is 14.0. The molecule has 5 rings (SSSR count). The maximum atomic E-state index is 13.3. The maximum Gasteiger partial charge on any atom is 0.407 e. The number of aliphatic hydroxyl groups excluding tert-OH is 1. The summed E-state index contributed by atoms with van der Waals surface area (Å²) in [5, 5.41) is 20.2. The van der Waals surface area contributed by atoms with E-state index in [1.807, 2.05) is 66.7 Å². The highest BCUT2D eigenvalue weighted by Crippen LogP contribution is 2.25. The average molecular weight is 758 g/mol. The Labute approximate surface area is 319 Å². The third kappa shape index (κ3) is 10.7. The van der Waals surface area contributed by atoms with Gasteiger partial charge in [0.25, 0.3) is 0 Å². The van der Waals surface area contributed by atoms with Gasteiger partial charge in [0.1, 0.15) is 24.7 Å². The van der Waals surface area contributed by atoms with E-state index in [4.69, 9.17) is 0 Å². The molecule has 2 saturated heterocycles. The summed E-state index contributed by atoms with van der Waals surface area (Å²) >= 11 is 0. The number of anilines is 3. The molecule has 5 N–H and O–H groups in total. The number of methoxy groups -OCH3 is 2. The third-order valence-electron chi connectivity index (χ3n) is 9.55. The number of rotatable bonds is 14. The largest absolute Gasteiger partial charge is 0.453 e. The molecule has 2 aliphatic heterocycles. The van der Waals surface area contributed by atoms with Crippen LogP contribution in [0.2, 0.25) is 0 Å². The number of benzene rings is 3. The minimum Gasteiger partial charge on any atom is -0.453 e. The number of alkyl carbamates (subject to hydrolysis) is 2. The average Bonchev–Trinajstić information content (AvgIpc) is 3.91. The van der Waals surface area contributed by atoms with Crippen LogP contribution in [0.3, 0.4) is 0 Å². The molecule has 0 aliphatic carbocycles. The number of likely N-dealkylation sites (tertiary alicyclic amines) is 2. The number of nitrogens with zero attached hydrogens (tertiary/aromatic N) is 3. The predicted octanol–water partition coefficient (Wildman–Crippen LogP) is 2.83. The van der Waals surface area contributed by atoms with Crippen LogP contribution in [0, 0.1) is 0 Å². The summed E-state index contributed by atoms with van der Waals surface area (Å²) in [6, 6.07) is 22.3. The number of ether oxygens (including phenoxy) is 2. The molecule has 6 amide bonds. The summed E-state index contributed by atoms with van der Waals surface area (Å²) in [5.41, 5.74) is 4.14. The van der Waals surface area contributed by atoms with Crippen molar-refractivity contribution in [2.45, 2.75) is 56.9 Å². The lowest BCUT2D eigenvalue weighted by Crippen LogP contribution is -2.53. The van der Waals surface area contributed by atoms with E-state index in [0.29, 0.717) is 63.2 Å². The molecular formula is C39H47N7O9. The number of para-hydroxylation sites is 1. The zero-order valence-electron chi connectivity index (χ0n) is 30.9. The van der Waals surface area contributed by atoms with E-state index in [1.54, 1.807) is 12.1 Å². The number of carbonyl (C=O) groups is 6. The number of hydrogen-bond donors (Lipinski definition) is 5. The zero-order chi connectivity index (χ0) is 39.3. The number of hydrogen-bond acceptors (Lipinski definition) is 10. The Morgan fingerprint density at radius 1 is 0.727 bits per heavy atom. The van der Waals surface area contributed by atoms with Gasteiger partial charge in [-0.25, -0.2) is 9.59 Å². The van der Waals surface area contributed by atoms with Crippen molar-refractivity contribution in [3.63, 3.8) is 0 Å². The van der Waals surface area contributed by atoms with Gasteiger partial charge in [0, 0.05) is 43.2 Å². The fourth-order valence-corrected chi connectivity index (χ4v) is 6.71. The first-order valence-corrected chi connectivity index (χ1v) is 18.1. The van der Waals surface area contributed by atoms with Crippen LogP contribution in [-0.2, 0) is 41.7 Å². The van der Waals surface area contributed by atoms with Crippen molar-refractivity contribution in [2.24, 2.45) is 0 Å². The molecule has 0 radical (unpaired) electrons. The van der Waals surface area contributed by atoms with Crippen molar-refractivity contribution < 1.29 is 43.3 Å². The fraction of sp³-hybridized carbons (Fsp3) is 0.385. The lowest BCUT2D eigenvalue weighted by molar-refractivity contribution is -0.139. The summed E-state index contributed by atoms with van der Waals surface area (Å²) in [5.74, 6) is -1.56. The number of amides is 6. The molecular weight excluding hydrogens is 710 g/mol. The molecule has 292 valence electrons. The Morgan fingerprint density at radius 3 is 1.75 bits per heavy atom. The zero-order valence-corrected chi connectivity index (χ0v) is 30.9. The molecule has 0 spiro atoms. The van der Waals surface area contributed by atoms with Crippen LogP contribution >= 0.6 is 0 Å². The van der Waals surface area contributed by atoms with Gasteiger partial charge in [-0.15, -0.1) is 0 Å². The van der Waals surface area contributed by atoms with Crippen LogP contribution < -0.4 is 26.2 Å². The van der Waals surface area contributed by atoms with Crippen molar-refractivity contribution in [2.75, 3.05) is 56.0 Å². The Morgan fingerprint density at radius 2 is 1.24 bits per heavy atom. The summed E-state index contributed by atoms with van der Waals surface area (Å²) in [6.07, 6.45) is 0.691. The van der Waals surface area contributed by atoms with E-state index in [9.17, 15) is 33.9 Å². The van der Waals surface area contributed by atoms with Crippen molar-refractivity contribution in [1.82, 2.24) is 20.4 Å². The molecule has 3 aromatic rings. The van der Waals surface area contributed by atoms with Crippen molar-refractivity contribution in [1.29, 1.82) is 0 Å². The van der Waals surface area contributed by atoms with E-state index in [-0.39, 0.29) is 24.3 Å². The van der Waals surface area contributed by atoms with Crippen LogP contribution in [0.25, 0.3) is 0 Å². The Bertz CT molecular complexity index is 1810. The lowest BCUT2D eigenvalue weighted by atomic mass is 10.1. The second-order valence-electron chi connectivity index (χ2n) is 13.2. The molecule has 16 heteroatoms. The van der Waals surface area contributed by atoms with Gasteiger partial charge < -0.3 is 50.5 Å². The minimum atomic E-state index is -1.22. The molecule has 0 unspecified atom stereocenters. The van der Waals surface area contributed by atoms with Crippen LogP contribution in [0.1, 0.15) is 36.8 Å². The summed E-state index contributed by atoms with van der Waals surface area (Å²) in [6.45, 7) is 0.974. The minimum absolute atomic E-state index is 0.251. The topological polar surface area (TPSA) is 199 Å². The van der Waals surface area contributed by atoms with Gasteiger partial charge in [-0.3, -0.25) is 19.2 Å². The molecule has 55 heavy (non-hydrogen) atoms. The van der Waals surface area contributed by atoms with Crippen LogP contribution in [-0.4, -0.2) is 109 Å². The Hall–Kier alpha value is -6.16. The van der Waals surface area contributed by atoms with Crippen LogP contribution in [0.15, 0.2) is 78.9 Å². The fourth-order valence-electron chi connectivity index (χ4n) is 6.71. The molecule has 2 fully saturated rings. The quantitative estimate of drug-likeness (QED) is 0.163. The normalized spacial score (nSPS) is 16.8. The second kappa shape index (κ2) is 19.3. The van der Waals surface area contributed by atoms with Crippen molar-refractivity contribution >= 4 is 52.9 Å². The highest BCUT2D eigenvalue weighted by atomic mass is 16.5. The first-order chi connectivity index (χ1) is 26.6. The summed E-state index contributed by atoms with van der Waals surface area (Å²) < 4.78 is 9.06. The predicted molar refractivity (Wildman–Crippen MR) is 203 cm³/mol. The smallest absolute Gasteiger partial charge is 0.407 e. The molecule has 2 aliphatic rings.